The summed E-state index contributed by atoms with van der Waals surface area (Å²) in [4.78, 5) is 29.7. The number of hydrogen-bond acceptors (Lipinski definition) is 7. The van der Waals surface area contributed by atoms with E-state index in [0.29, 0.717) is 42.8 Å². The maximum absolute atomic E-state index is 12.2. The number of fused-ring (bicyclic) bond motifs is 5. The molecule has 10 heteroatoms. The standard InChI is InChI=1S/C29H51O9P/c1-6-35-20-12-13-28(4)19(14-20)15-24(36-7-2)27-22-10-9-21(29(22,5)25(30)16-23(27)28)18(3)8-11-26(31)37-17-38-39(32,33)34/h18-25,27,30H,6-17H2,1-5H3,(H2,32,33,34). The second-order valence-electron chi connectivity index (χ2n) is 13.1. The molecule has 39 heavy (non-hydrogen) atoms. The van der Waals surface area contributed by atoms with Crippen LogP contribution in [0.25, 0.3) is 0 Å². The molecule has 0 saturated heterocycles. The van der Waals surface area contributed by atoms with Crippen molar-refractivity contribution in [2.24, 2.45) is 46.3 Å². The van der Waals surface area contributed by atoms with E-state index in [9.17, 15) is 14.5 Å². The zero-order valence-corrected chi connectivity index (χ0v) is 25.3. The van der Waals surface area contributed by atoms with E-state index in [0.717, 1.165) is 51.6 Å². The predicted molar refractivity (Wildman–Crippen MR) is 145 cm³/mol. The number of phosphoric ester groups is 1. The number of hydrogen-bond donors (Lipinski definition) is 3. The monoisotopic (exact) mass is 574 g/mol. The Hall–Kier alpha value is -0.540. The summed E-state index contributed by atoms with van der Waals surface area (Å²) >= 11 is 0. The Labute approximate surface area is 233 Å². The maximum Gasteiger partial charge on any atom is 0.472 e. The number of ether oxygens (including phenoxy) is 3. The van der Waals surface area contributed by atoms with Gasteiger partial charge in [0, 0.05) is 19.6 Å². The quantitative estimate of drug-likeness (QED) is 0.176. The molecule has 0 aromatic rings. The first-order valence-electron chi connectivity index (χ1n) is 15.1. The van der Waals surface area contributed by atoms with Crippen LogP contribution >= 0.6 is 7.82 Å². The molecule has 4 rings (SSSR count). The van der Waals surface area contributed by atoms with Crippen molar-refractivity contribution in [1.29, 1.82) is 0 Å². The predicted octanol–water partition coefficient (Wildman–Crippen LogP) is 5.06. The number of aliphatic hydroxyl groups is 1. The van der Waals surface area contributed by atoms with Crippen LogP contribution in [0.2, 0.25) is 0 Å². The number of rotatable bonds is 11. The second kappa shape index (κ2) is 12.4. The van der Waals surface area contributed by atoms with E-state index in [1.165, 1.54) is 0 Å². The van der Waals surface area contributed by atoms with Gasteiger partial charge in [0.15, 0.2) is 0 Å². The molecule has 0 radical (unpaired) electrons. The van der Waals surface area contributed by atoms with Crippen LogP contribution in [0, 0.1) is 46.3 Å². The lowest BCUT2D eigenvalue weighted by atomic mass is 9.43. The first-order valence-corrected chi connectivity index (χ1v) is 16.6. The van der Waals surface area contributed by atoms with Crippen molar-refractivity contribution < 1.29 is 43.0 Å². The van der Waals surface area contributed by atoms with E-state index in [-0.39, 0.29) is 35.2 Å². The molecule has 3 N–H and O–H groups in total. The summed E-state index contributed by atoms with van der Waals surface area (Å²) in [6.45, 7) is 11.8. The topological polar surface area (TPSA) is 132 Å². The molecule has 4 aliphatic rings. The minimum Gasteiger partial charge on any atom is -0.438 e. The largest absolute Gasteiger partial charge is 0.472 e. The summed E-state index contributed by atoms with van der Waals surface area (Å²) in [6, 6.07) is 0. The molecule has 226 valence electrons. The average molecular weight is 575 g/mol. The zero-order chi connectivity index (χ0) is 28.6. The minimum atomic E-state index is -4.67. The molecule has 9 nitrogen and oxygen atoms in total. The Morgan fingerprint density at radius 2 is 1.74 bits per heavy atom. The van der Waals surface area contributed by atoms with Crippen molar-refractivity contribution in [2.45, 2.75) is 111 Å². The van der Waals surface area contributed by atoms with Gasteiger partial charge in [0.2, 0.25) is 6.79 Å². The molecule has 0 bridgehead atoms. The summed E-state index contributed by atoms with van der Waals surface area (Å²) in [5.41, 5.74) is -0.0497. The van der Waals surface area contributed by atoms with Gasteiger partial charge < -0.3 is 29.1 Å². The van der Waals surface area contributed by atoms with Gasteiger partial charge in [-0.25, -0.2) is 9.09 Å². The van der Waals surface area contributed by atoms with E-state index >= 15 is 0 Å². The number of carbonyl (C=O) groups is 1. The van der Waals surface area contributed by atoms with E-state index in [2.05, 4.69) is 39.1 Å². The normalized spacial score (nSPS) is 42.8. The van der Waals surface area contributed by atoms with Crippen LogP contribution in [0.15, 0.2) is 0 Å². The molecule has 0 heterocycles. The minimum absolute atomic E-state index is 0.146. The highest BCUT2D eigenvalue weighted by molar-refractivity contribution is 7.46. The van der Waals surface area contributed by atoms with E-state index < -0.39 is 26.7 Å². The van der Waals surface area contributed by atoms with Crippen molar-refractivity contribution in [2.75, 3.05) is 20.0 Å². The van der Waals surface area contributed by atoms with Gasteiger partial charge in [-0.15, -0.1) is 0 Å². The van der Waals surface area contributed by atoms with E-state index in [1.807, 2.05) is 0 Å². The smallest absolute Gasteiger partial charge is 0.438 e. The first-order chi connectivity index (χ1) is 18.3. The summed E-state index contributed by atoms with van der Waals surface area (Å²) in [5.74, 6) is 1.72. The van der Waals surface area contributed by atoms with Gasteiger partial charge in [-0.1, -0.05) is 20.8 Å². The third-order valence-electron chi connectivity index (χ3n) is 11.5. The highest BCUT2D eigenvalue weighted by Crippen LogP contribution is 2.68. The number of carbonyl (C=O) groups excluding carboxylic acids is 1. The molecule has 0 aromatic carbocycles. The number of esters is 1. The third-order valence-corrected chi connectivity index (χ3v) is 11.9. The lowest BCUT2D eigenvalue weighted by Crippen LogP contribution is -2.62. The lowest BCUT2D eigenvalue weighted by molar-refractivity contribution is -0.217. The van der Waals surface area contributed by atoms with Crippen LogP contribution in [-0.2, 0) is 28.1 Å². The summed E-state index contributed by atoms with van der Waals surface area (Å²) in [7, 11) is -4.67. The first kappa shape index (κ1) is 31.4. The highest BCUT2D eigenvalue weighted by Gasteiger charge is 2.66. The van der Waals surface area contributed by atoms with Crippen molar-refractivity contribution >= 4 is 13.8 Å². The fraction of sp³-hybridized carbons (Fsp3) is 0.966. The summed E-state index contributed by atoms with van der Waals surface area (Å²) in [5, 5.41) is 11.9. The van der Waals surface area contributed by atoms with Crippen LogP contribution in [-0.4, -0.2) is 59.2 Å². The maximum atomic E-state index is 12.2. The summed E-state index contributed by atoms with van der Waals surface area (Å²) < 4.78 is 32.5. The lowest BCUT2D eigenvalue weighted by Gasteiger charge is -2.64. The molecule has 0 aliphatic heterocycles. The molecular weight excluding hydrogens is 523 g/mol. The molecule has 0 spiro atoms. The van der Waals surface area contributed by atoms with Crippen molar-refractivity contribution in [3.05, 3.63) is 0 Å². The van der Waals surface area contributed by atoms with Crippen LogP contribution in [0.1, 0.15) is 92.4 Å². The fourth-order valence-electron chi connectivity index (χ4n) is 9.65. The van der Waals surface area contributed by atoms with Gasteiger partial charge in [-0.05, 0) is 112 Å². The molecule has 4 fully saturated rings. The third kappa shape index (κ3) is 6.30. The molecule has 0 amide bonds. The zero-order valence-electron chi connectivity index (χ0n) is 24.4. The van der Waals surface area contributed by atoms with Crippen molar-refractivity contribution in [3.63, 3.8) is 0 Å². The average Bonchev–Trinajstić information content (AvgIpc) is 3.22. The van der Waals surface area contributed by atoms with Gasteiger partial charge in [0.1, 0.15) is 0 Å². The van der Waals surface area contributed by atoms with Gasteiger partial charge in [-0.3, -0.25) is 4.79 Å². The van der Waals surface area contributed by atoms with Crippen LogP contribution < -0.4 is 0 Å². The van der Waals surface area contributed by atoms with Gasteiger partial charge in [0.25, 0.3) is 0 Å². The molecule has 0 aromatic heterocycles. The van der Waals surface area contributed by atoms with Crippen molar-refractivity contribution in [1.82, 2.24) is 0 Å². The summed E-state index contributed by atoms with van der Waals surface area (Å²) in [6.07, 6.45) is 8.16. The Morgan fingerprint density at radius 3 is 2.41 bits per heavy atom. The van der Waals surface area contributed by atoms with Gasteiger partial charge in [-0.2, -0.15) is 0 Å². The SMILES string of the molecule is CCOC1CCC2(C)C(C1)CC(OCC)C1C2CC(O)C2(C)C(C(C)CCC(=O)OCOP(=O)(O)O)CCC12. The number of aliphatic hydroxyl groups excluding tert-OH is 1. The Kier molecular flexibility index (Phi) is 9.95. The number of phosphoric acid groups is 1. The van der Waals surface area contributed by atoms with E-state index in [1.54, 1.807) is 0 Å². The van der Waals surface area contributed by atoms with Gasteiger partial charge >= 0.3 is 13.8 Å². The van der Waals surface area contributed by atoms with Crippen molar-refractivity contribution in [3.8, 4) is 0 Å². The van der Waals surface area contributed by atoms with Crippen LogP contribution in [0.3, 0.4) is 0 Å². The molecule has 4 saturated carbocycles. The van der Waals surface area contributed by atoms with Crippen LogP contribution in [0.4, 0.5) is 0 Å². The van der Waals surface area contributed by atoms with E-state index in [4.69, 9.17) is 24.0 Å². The highest BCUT2D eigenvalue weighted by atomic mass is 31.2. The van der Waals surface area contributed by atoms with Gasteiger partial charge in [0.05, 0.1) is 18.3 Å². The Morgan fingerprint density at radius 1 is 1.03 bits per heavy atom. The molecule has 11 unspecified atom stereocenters. The fourth-order valence-corrected chi connectivity index (χ4v) is 9.84. The van der Waals surface area contributed by atoms with Crippen LogP contribution in [0.5, 0.6) is 0 Å². The molecule has 11 atom stereocenters. The Bertz CT molecular complexity index is 894. The molecule has 4 aliphatic carbocycles. The molecular formula is C29H51O9P. The second-order valence-corrected chi connectivity index (χ2v) is 14.4. The Balaban J connectivity index is 1.47.